The summed E-state index contributed by atoms with van der Waals surface area (Å²) in [6.07, 6.45) is -1.63. The average molecular weight is 264 g/mol. The molecule has 0 aliphatic carbocycles. The number of aromatic nitrogens is 2. The van der Waals surface area contributed by atoms with Crippen LogP contribution in [-0.2, 0) is 6.18 Å². The van der Waals surface area contributed by atoms with Crippen molar-refractivity contribution >= 4 is 11.5 Å². The maximum absolute atomic E-state index is 12.4. The lowest BCUT2D eigenvalue weighted by molar-refractivity contribution is -0.137. The van der Waals surface area contributed by atoms with Crippen molar-refractivity contribution < 1.29 is 13.2 Å². The first-order valence-corrected chi connectivity index (χ1v) is 5.16. The summed E-state index contributed by atoms with van der Waals surface area (Å²) in [5, 5.41) is 11.5. The maximum atomic E-state index is 12.4. The smallest absolute Gasteiger partial charge is 0.338 e. The fourth-order valence-electron chi connectivity index (χ4n) is 1.39. The van der Waals surface area contributed by atoms with E-state index in [0.29, 0.717) is 5.69 Å². The highest BCUT2D eigenvalue weighted by atomic mass is 19.4. The van der Waals surface area contributed by atoms with Crippen LogP contribution >= 0.6 is 0 Å². The summed E-state index contributed by atoms with van der Waals surface area (Å²) in [4.78, 5) is 7.68. The normalized spacial score (nSPS) is 10.8. The van der Waals surface area contributed by atoms with E-state index in [9.17, 15) is 13.2 Å². The Morgan fingerprint density at radius 3 is 2.26 bits per heavy atom. The van der Waals surface area contributed by atoms with Gasteiger partial charge in [-0.3, -0.25) is 0 Å². The number of anilines is 2. The van der Waals surface area contributed by atoms with Crippen molar-refractivity contribution in [2.45, 2.75) is 6.18 Å². The van der Waals surface area contributed by atoms with Crippen molar-refractivity contribution in [3.8, 4) is 6.07 Å². The summed E-state index contributed by atoms with van der Waals surface area (Å²) in [6, 6.07) is 6.26. The van der Waals surface area contributed by atoms with E-state index in [1.165, 1.54) is 24.5 Å². The molecule has 0 atom stereocenters. The molecule has 2 aromatic rings. The van der Waals surface area contributed by atoms with E-state index in [4.69, 9.17) is 5.26 Å². The van der Waals surface area contributed by atoms with E-state index in [1.54, 1.807) is 0 Å². The van der Waals surface area contributed by atoms with E-state index < -0.39 is 11.7 Å². The summed E-state index contributed by atoms with van der Waals surface area (Å²) in [6.45, 7) is 0. The highest BCUT2D eigenvalue weighted by molar-refractivity contribution is 5.60. The molecule has 0 aliphatic rings. The highest BCUT2D eigenvalue weighted by Gasteiger charge is 2.29. The van der Waals surface area contributed by atoms with Crippen molar-refractivity contribution in [2.24, 2.45) is 0 Å². The van der Waals surface area contributed by atoms with Gasteiger partial charge in [0.05, 0.1) is 5.56 Å². The number of benzene rings is 1. The van der Waals surface area contributed by atoms with E-state index >= 15 is 0 Å². The molecule has 0 unspecified atom stereocenters. The van der Waals surface area contributed by atoms with Gasteiger partial charge >= 0.3 is 6.18 Å². The Balaban J connectivity index is 2.23. The van der Waals surface area contributed by atoms with E-state index in [2.05, 4.69) is 15.3 Å². The van der Waals surface area contributed by atoms with Crippen molar-refractivity contribution in [3.05, 3.63) is 47.9 Å². The number of hydrogen-bond donors (Lipinski definition) is 1. The number of rotatable bonds is 2. The Labute approximate surface area is 106 Å². The second-order valence-electron chi connectivity index (χ2n) is 3.57. The zero-order valence-electron chi connectivity index (χ0n) is 9.44. The molecule has 1 aromatic heterocycles. The van der Waals surface area contributed by atoms with Crippen molar-refractivity contribution in [3.63, 3.8) is 0 Å². The minimum absolute atomic E-state index is 0.0717. The van der Waals surface area contributed by atoms with Gasteiger partial charge in [-0.2, -0.15) is 18.4 Å². The molecule has 0 spiro atoms. The van der Waals surface area contributed by atoms with Gasteiger partial charge in [0.2, 0.25) is 0 Å². The Morgan fingerprint density at radius 2 is 1.68 bits per heavy atom. The fraction of sp³-hybridized carbons (Fsp3) is 0.0833. The molecule has 96 valence electrons. The van der Waals surface area contributed by atoms with Crippen LogP contribution in [0, 0.1) is 11.3 Å². The molecule has 0 radical (unpaired) electrons. The third kappa shape index (κ3) is 2.98. The molecule has 0 saturated carbocycles. The standard InChI is InChI=1S/C12H7F3N4/c13-12(14,15)8-1-3-9(4-2-8)19-11-10(7-16)17-5-6-18-11/h1-6H,(H,18,19). The van der Waals surface area contributed by atoms with Crippen LogP contribution in [0.4, 0.5) is 24.7 Å². The predicted molar refractivity (Wildman–Crippen MR) is 61.5 cm³/mol. The molecule has 4 nitrogen and oxygen atoms in total. The van der Waals surface area contributed by atoms with Crippen LogP contribution in [0.3, 0.4) is 0 Å². The first-order valence-electron chi connectivity index (χ1n) is 5.16. The Bertz CT molecular complexity index is 614. The summed E-state index contributed by atoms with van der Waals surface area (Å²) in [5.74, 6) is 0.199. The third-order valence-corrected chi connectivity index (χ3v) is 2.28. The van der Waals surface area contributed by atoms with Gasteiger partial charge in [0.1, 0.15) is 6.07 Å². The third-order valence-electron chi connectivity index (χ3n) is 2.28. The molecular formula is C12H7F3N4. The molecule has 0 aliphatic heterocycles. The van der Waals surface area contributed by atoms with Gasteiger partial charge in [0, 0.05) is 18.1 Å². The van der Waals surface area contributed by atoms with Gasteiger partial charge in [-0.25, -0.2) is 9.97 Å². The van der Waals surface area contributed by atoms with Gasteiger partial charge in [-0.15, -0.1) is 0 Å². The zero-order chi connectivity index (χ0) is 13.9. The van der Waals surface area contributed by atoms with Gasteiger partial charge in [0.25, 0.3) is 0 Å². The average Bonchev–Trinajstić information content (AvgIpc) is 2.39. The van der Waals surface area contributed by atoms with Gasteiger partial charge in [-0.1, -0.05) is 0 Å². The maximum Gasteiger partial charge on any atom is 0.416 e. The fourth-order valence-corrected chi connectivity index (χ4v) is 1.39. The van der Waals surface area contributed by atoms with Crippen LogP contribution in [-0.4, -0.2) is 9.97 Å². The number of hydrogen-bond acceptors (Lipinski definition) is 4. The Kier molecular flexibility index (Phi) is 3.33. The minimum atomic E-state index is -4.37. The van der Waals surface area contributed by atoms with Crippen LogP contribution in [0.1, 0.15) is 11.3 Å². The molecule has 0 fully saturated rings. The van der Waals surface area contributed by atoms with Crippen LogP contribution < -0.4 is 5.32 Å². The number of halogens is 3. The van der Waals surface area contributed by atoms with Crippen LogP contribution in [0.15, 0.2) is 36.7 Å². The van der Waals surface area contributed by atoms with Crippen LogP contribution in [0.2, 0.25) is 0 Å². The SMILES string of the molecule is N#Cc1nccnc1Nc1ccc(C(F)(F)F)cc1. The van der Waals surface area contributed by atoms with Crippen molar-refractivity contribution in [1.29, 1.82) is 5.26 Å². The molecule has 2 rings (SSSR count). The zero-order valence-corrected chi connectivity index (χ0v) is 9.44. The minimum Gasteiger partial charge on any atom is -0.338 e. The lowest BCUT2D eigenvalue weighted by Gasteiger charge is -2.09. The molecule has 0 amide bonds. The Morgan fingerprint density at radius 1 is 1.05 bits per heavy atom. The van der Waals surface area contributed by atoms with E-state index in [0.717, 1.165) is 12.1 Å². The molecular weight excluding hydrogens is 257 g/mol. The van der Waals surface area contributed by atoms with E-state index in [-0.39, 0.29) is 11.5 Å². The molecule has 1 aromatic carbocycles. The lowest BCUT2D eigenvalue weighted by Crippen LogP contribution is -2.05. The molecule has 1 heterocycles. The topological polar surface area (TPSA) is 61.6 Å². The lowest BCUT2D eigenvalue weighted by atomic mass is 10.2. The number of nitrogens with zero attached hydrogens (tertiary/aromatic N) is 3. The van der Waals surface area contributed by atoms with Gasteiger partial charge in [0.15, 0.2) is 11.5 Å². The second kappa shape index (κ2) is 4.94. The molecule has 0 bridgehead atoms. The molecule has 7 heteroatoms. The predicted octanol–water partition coefficient (Wildman–Crippen LogP) is 3.11. The molecule has 1 N–H and O–H groups in total. The van der Waals surface area contributed by atoms with Gasteiger partial charge in [-0.05, 0) is 24.3 Å². The summed E-state index contributed by atoms with van der Waals surface area (Å²) >= 11 is 0. The quantitative estimate of drug-likeness (QED) is 0.905. The first kappa shape index (κ1) is 12.8. The second-order valence-corrected chi connectivity index (χ2v) is 3.57. The molecule has 19 heavy (non-hydrogen) atoms. The number of nitriles is 1. The van der Waals surface area contributed by atoms with E-state index in [1.807, 2.05) is 6.07 Å². The van der Waals surface area contributed by atoms with Crippen LogP contribution in [0.25, 0.3) is 0 Å². The van der Waals surface area contributed by atoms with Crippen LogP contribution in [0.5, 0.6) is 0 Å². The summed E-state index contributed by atoms with van der Waals surface area (Å²) in [5.41, 5.74) is -0.273. The van der Waals surface area contributed by atoms with Crippen molar-refractivity contribution in [1.82, 2.24) is 9.97 Å². The van der Waals surface area contributed by atoms with Gasteiger partial charge < -0.3 is 5.32 Å². The first-order chi connectivity index (χ1) is 9.00. The highest BCUT2D eigenvalue weighted by Crippen LogP contribution is 2.30. The summed E-state index contributed by atoms with van der Waals surface area (Å²) < 4.78 is 37.1. The number of alkyl halides is 3. The number of nitrogens with one attached hydrogen (secondary N) is 1. The monoisotopic (exact) mass is 264 g/mol. The largest absolute Gasteiger partial charge is 0.416 e. The molecule has 0 saturated heterocycles. The Hall–Kier alpha value is -2.62. The summed E-state index contributed by atoms with van der Waals surface area (Å²) in [7, 11) is 0. The van der Waals surface area contributed by atoms with Crippen molar-refractivity contribution in [2.75, 3.05) is 5.32 Å².